The Morgan fingerprint density at radius 2 is 1.95 bits per heavy atom. The maximum Gasteiger partial charge on any atom is 0.339 e. The average Bonchev–Trinajstić information content (AvgIpc) is 2.48. The molecule has 2 aromatic rings. The lowest BCUT2D eigenvalue weighted by atomic mass is 10.2. The summed E-state index contributed by atoms with van der Waals surface area (Å²) in [5.74, 6) is 0.447. The highest BCUT2D eigenvalue weighted by Crippen LogP contribution is 2.20. The first-order chi connectivity index (χ1) is 9.22. The summed E-state index contributed by atoms with van der Waals surface area (Å²) in [7, 11) is 1.30. The number of hydrogen-bond acceptors (Lipinski definition) is 4. The van der Waals surface area contributed by atoms with E-state index in [-0.39, 0.29) is 0 Å². The third-order valence-corrected chi connectivity index (χ3v) is 2.46. The summed E-state index contributed by atoms with van der Waals surface area (Å²) in [6, 6.07) is 9.71. The molecule has 0 aliphatic rings. The molecule has 1 aromatic heterocycles. The number of rotatable bonds is 4. The summed E-state index contributed by atoms with van der Waals surface area (Å²) < 4.78 is 22.4. The normalized spacial score (nSPS) is 10.0. The van der Waals surface area contributed by atoms with Gasteiger partial charge in [-0.05, 0) is 23.8 Å². The van der Waals surface area contributed by atoms with Gasteiger partial charge in [0.15, 0.2) is 0 Å². The minimum atomic E-state index is -0.508. The number of hydrogen-bond donors (Lipinski definition) is 0. The Hall–Kier alpha value is -2.43. The summed E-state index contributed by atoms with van der Waals surface area (Å²) in [5.41, 5.74) is 0.934. The van der Waals surface area contributed by atoms with E-state index in [4.69, 9.17) is 4.74 Å². The number of carbonyl (C=O) groups excluding carboxylic acids is 1. The van der Waals surface area contributed by atoms with Crippen molar-refractivity contribution < 1.29 is 18.7 Å². The second kappa shape index (κ2) is 5.95. The van der Waals surface area contributed by atoms with Gasteiger partial charge in [0.05, 0.1) is 12.7 Å². The highest BCUT2D eigenvalue weighted by molar-refractivity contribution is 5.88. The highest BCUT2D eigenvalue weighted by Gasteiger charge is 2.06. The van der Waals surface area contributed by atoms with E-state index in [1.165, 1.54) is 13.3 Å². The van der Waals surface area contributed by atoms with Gasteiger partial charge in [0.2, 0.25) is 5.88 Å². The number of carbonyl (C=O) groups is 1. The maximum absolute atomic E-state index is 12.3. The molecule has 98 valence electrons. The quantitative estimate of drug-likeness (QED) is 0.793. The summed E-state index contributed by atoms with van der Waals surface area (Å²) in [6.07, 6.45) is 1.37. The van der Waals surface area contributed by atoms with Gasteiger partial charge < -0.3 is 9.47 Å². The van der Waals surface area contributed by atoms with Crippen LogP contribution in [-0.2, 0) is 11.4 Å². The maximum atomic E-state index is 12.3. The van der Waals surface area contributed by atoms with Gasteiger partial charge in [-0.15, -0.1) is 0 Å². The lowest BCUT2D eigenvalue weighted by molar-refractivity contribution is 0.0600. The van der Waals surface area contributed by atoms with Crippen LogP contribution in [0.25, 0.3) is 0 Å². The number of alkyl halides is 1. The molecule has 0 aliphatic heterocycles. The van der Waals surface area contributed by atoms with Gasteiger partial charge in [-0.1, -0.05) is 12.1 Å². The van der Waals surface area contributed by atoms with E-state index in [0.29, 0.717) is 22.8 Å². The van der Waals surface area contributed by atoms with Gasteiger partial charge in [-0.3, -0.25) is 0 Å². The Morgan fingerprint density at radius 1 is 1.21 bits per heavy atom. The highest BCUT2D eigenvalue weighted by atomic mass is 19.1. The molecule has 0 bridgehead atoms. The molecular formula is C14H12FNO3. The fourth-order valence-corrected chi connectivity index (χ4v) is 1.45. The molecule has 0 atom stereocenters. The lowest BCUT2D eigenvalue weighted by Crippen LogP contribution is -2.01. The molecule has 0 radical (unpaired) electrons. The number of halogens is 1. The van der Waals surface area contributed by atoms with E-state index < -0.39 is 12.6 Å². The third kappa shape index (κ3) is 3.28. The number of esters is 1. The predicted molar refractivity (Wildman–Crippen MR) is 66.9 cm³/mol. The predicted octanol–water partition coefficient (Wildman–Crippen LogP) is 3.13. The first-order valence-electron chi connectivity index (χ1n) is 5.60. The van der Waals surface area contributed by atoms with Crippen LogP contribution in [0, 0.1) is 0 Å². The molecule has 0 fully saturated rings. The van der Waals surface area contributed by atoms with Crippen molar-refractivity contribution in [3.63, 3.8) is 0 Å². The minimum Gasteiger partial charge on any atom is -0.465 e. The number of methoxy groups -OCH3 is 1. The van der Waals surface area contributed by atoms with Crippen LogP contribution in [0.2, 0.25) is 0 Å². The van der Waals surface area contributed by atoms with Crippen LogP contribution in [0.3, 0.4) is 0 Å². The van der Waals surface area contributed by atoms with E-state index in [1.807, 2.05) is 0 Å². The van der Waals surface area contributed by atoms with E-state index in [2.05, 4.69) is 9.72 Å². The fourth-order valence-electron chi connectivity index (χ4n) is 1.45. The van der Waals surface area contributed by atoms with Gasteiger partial charge in [0, 0.05) is 12.3 Å². The van der Waals surface area contributed by atoms with Crippen LogP contribution in [0.15, 0.2) is 42.6 Å². The molecule has 1 heterocycles. The van der Waals surface area contributed by atoms with Crippen molar-refractivity contribution in [3.8, 4) is 11.6 Å². The topological polar surface area (TPSA) is 48.4 Å². The molecule has 0 saturated heterocycles. The summed E-state index contributed by atoms with van der Waals surface area (Å²) in [4.78, 5) is 15.2. The van der Waals surface area contributed by atoms with Crippen molar-refractivity contribution in [1.29, 1.82) is 0 Å². The first-order valence-corrected chi connectivity index (χ1v) is 5.60. The zero-order valence-corrected chi connectivity index (χ0v) is 10.3. The molecule has 2 rings (SSSR count). The molecular weight excluding hydrogens is 249 g/mol. The Balaban J connectivity index is 2.08. The van der Waals surface area contributed by atoms with Crippen LogP contribution >= 0.6 is 0 Å². The molecule has 0 spiro atoms. The standard InChI is InChI=1S/C14H12FNO3/c1-18-14(17)11-4-7-13(16-9-11)19-12-5-2-10(8-15)3-6-12/h2-7,9H,8H2,1H3. The fraction of sp³-hybridized carbons (Fsp3) is 0.143. The molecule has 0 aliphatic carbocycles. The van der Waals surface area contributed by atoms with Gasteiger partial charge in [0.1, 0.15) is 12.4 Å². The molecule has 0 unspecified atom stereocenters. The smallest absolute Gasteiger partial charge is 0.339 e. The van der Waals surface area contributed by atoms with Crippen molar-refractivity contribution in [1.82, 2.24) is 4.98 Å². The van der Waals surface area contributed by atoms with Crippen LogP contribution in [0.1, 0.15) is 15.9 Å². The zero-order valence-electron chi connectivity index (χ0n) is 10.3. The Kier molecular flexibility index (Phi) is 4.07. The number of ether oxygens (including phenoxy) is 2. The number of benzene rings is 1. The summed E-state index contributed by atoms with van der Waals surface area (Å²) in [5, 5.41) is 0. The lowest BCUT2D eigenvalue weighted by Gasteiger charge is -2.05. The molecule has 1 aromatic carbocycles. The zero-order chi connectivity index (χ0) is 13.7. The van der Waals surface area contributed by atoms with Crippen LogP contribution < -0.4 is 4.74 Å². The second-order valence-electron chi connectivity index (χ2n) is 3.76. The average molecular weight is 261 g/mol. The van der Waals surface area contributed by atoms with Crippen molar-refractivity contribution in [3.05, 3.63) is 53.7 Å². The van der Waals surface area contributed by atoms with Gasteiger partial charge in [-0.25, -0.2) is 14.2 Å². The first kappa shape index (κ1) is 13.0. The summed E-state index contributed by atoms with van der Waals surface area (Å²) in [6.45, 7) is -0.508. The minimum absolute atomic E-state index is 0.348. The Morgan fingerprint density at radius 3 is 2.47 bits per heavy atom. The number of nitrogens with zero attached hydrogens (tertiary/aromatic N) is 1. The summed E-state index contributed by atoms with van der Waals surface area (Å²) >= 11 is 0. The Labute approximate surface area is 109 Å². The SMILES string of the molecule is COC(=O)c1ccc(Oc2ccc(CF)cc2)nc1. The van der Waals surface area contributed by atoms with Gasteiger partial charge in [-0.2, -0.15) is 0 Å². The van der Waals surface area contributed by atoms with E-state index in [0.717, 1.165) is 0 Å². The van der Waals surface area contributed by atoms with Crippen LogP contribution in [-0.4, -0.2) is 18.1 Å². The van der Waals surface area contributed by atoms with Gasteiger partial charge in [0.25, 0.3) is 0 Å². The monoisotopic (exact) mass is 261 g/mol. The van der Waals surface area contributed by atoms with Gasteiger partial charge >= 0.3 is 5.97 Å². The molecule has 4 nitrogen and oxygen atoms in total. The van der Waals surface area contributed by atoms with Crippen molar-refractivity contribution in [2.24, 2.45) is 0 Å². The Bertz CT molecular complexity index is 552. The second-order valence-corrected chi connectivity index (χ2v) is 3.76. The van der Waals surface area contributed by atoms with Crippen LogP contribution in [0.5, 0.6) is 11.6 Å². The largest absolute Gasteiger partial charge is 0.465 e. The molecule has 0 amide bonds. The van der Waals surface area contributed by atoms with Crippen molar-refractivity contribution >= 4 is 5.97 Å². The number of pyridine rings is 1. The molecule has 19 heavy (non-hydrogen) atoms. The number of aromatic nitrogens is 1. The molecule has 5 heteroatoms. The van der Waals surface area contributed by atoms with E-state index in [9.17, 15) is 9.18 Å². The van der Waals surface area contributed by atoms with E-state index >= 15 is 0 Å². The third-order valence-electron chi connectivity index (χ3n) is 2.46. The van der Waals surface area contributed by atoms with Crippen molar-refractivity contribution in [2.45, 2.75) is 6.67 Å². The van der Waals surface area contributed by atoms with E-state index in [1.54, 1.807) is 36.4 Å². The van der Waals surface area contributed by atoms with Crippen molar-refractivity contribution in [2.75, 3.05) is 7.11 Å². The van der Waals surface area contributed by atoms with Crippen LogP contribution in [0.4, 0.5) is 4.39 Å². The molecule has 0 saturated carbocycles. The molecule has 0 N–H and O–H groups in total.